The Hall–Kier alpha value is -2.24. The first kappa shape index (κ1) is 15.6. The normalized spacial score (nSPS) is 26.0. The summed E-state index contributed by atoms with van der Waals surface area (Å²) in [7, 11) is 1.54. The lowest BCUT2D eigenvalue weighted by Gasteiger charge is -2.23. The van der Waals surface area contributed by atoms with Gasteiger partial charge in [0, 0.05) is 13.1 Å². The second kappa shape index (κ2) is 6.10. The van der Waals surface area contributed by atoms with Crippen molar-refractivity contribution in [2.24, 2.45) is 11.3 Å². The topological polar surface area (TPSA) is 76.1 Å². The van der Waals surface area contributed by atoms with Gasteiger partial charge < -0.3 is 19.5 Å². The van der Waals surface area contributed by atoms with Crippen LogP contribution in [0.25, 0.3) is 0 Å². The van der Waals surface area contributed by atoms with Gasteiger partial charge in [0.2, 0.25) is 0 Å². The van der Waals surface area contributed by atoms with Gasteiger partial charge in [-0.05, 0) is 30.9 Å². The van der Waals surface area contributed by atoms with Gasteiger partial charge in [0.05, 0.1) is 12.5 Å². The van der Waals surface area contributed by atoms with Gasteiger partial charge in [-0.2, -0.15) is 0 Å². The quantitative estimate of drug-likeness (QED) is 0.895. The van der Waals surface area contributed by atoms with E-state index in [1.807, 2.05) is 12.1 Å². The van der Waals surface area contributed by atoms with E-state index in [0.717, 1.165) is 12.8 Å². The Morgan fingerprint density at radius 3 is 2.74 bits per heavy atom. The molecule has 1 aliphatic heterocycles. The number of para-hydroxylation sites is 2. The van der Waals surface area contributed by atoms with Gasteiger partial charge in [-0.15, -0.1) is 0 Å². The van der Waals surface area contributed by atoms with Crippen LogP contribution in [0, 0.1) is 11.3 Å². The van der Waals surface area contributed by atoms with Gasteiger partial charge in [0.25, 0.3) is 5.91 Å². The van der Waals surface area contributed by atoms with Crippen molar-refractivity contribution in [3.8, 4) is 11.5 Å². The SMILES string of the molecule is COc1ccccc1OCC(=O)N1C[C@@H]2CCC[C@@]2(C(=O)O)C1. The summed E-state index contributed by atoms with van der Waals surface area (Å²) in [5.41, 5.74) is -0.750. The molecule has 1 saturated heterocycles. The van der Waals surface area contributed by atoms with E-state index in [1.54, 1.807) is 24.1 Å². The van der Waals surface area contributed by atoms with E-state index in [1.165, 1.54) is 0 Å². The van der Waals surface area contributed by atoms with Crippen molar-refractivity contribution >= 4 is 11.9 Å². The van der Waals surface area contributed by atoms with Crippen LogP contribution in [-0.2, 0) is 9.59 Å². The van der Waals surface area contributed by atoms with E-state index in [0.29, 0.717) is 31.0 Å². The zero-order valence-corrected chi connectivity index (χ0v) is 13.2. The lowest BCUT2D eigenvalue weighted by atomic mass is 9.81. The largest absolute Gasteiger partial charge is 0.493 e. The molecule has 2 atom stereocenters. The van der Waals surface area contributed by atoms with Crippen LogP contribution in [0.3, 0.4) is 0 Å². The highest BCUT2D eigenvalue weighted by molar-refractivity contribution is 5.82. The van der Waals surface area contributed by atoms with Crippen molar-refractivity contribution in [3.63, 3.8) is 0 Å². The maximum atomic E-state index is 12.4. The van der Waals surface area contributed by atoms with E-state index in [-0.39, 0.29) is 18.4 Å². The van der Waals surface area contributed by atoms with Crippen LogP contribution in [-0.4, -0.2) is 48.7 Å². The molecular weight excluding hydrogens is 298 g/mol. The lowest BCUT2D eigenvalue weighted by molar-refractivity contribution is -0.149. The molecule has 23 heavy (non-hydrogen) atoms. The van der Waals surface area contributed by atoms with Crippen LogP contribution in [0.5, 0.6) is 11.5 Å². The predicted octanol–water partition coefficient (Wildman–Crippen LogP) is 1.79. The minimum Gasteiger partial charge on any atom is -0.493 e. The van der Waals surface area contributed by atoms with Crippen molar-refractivity contribution in [1.29, 1.82) is 0 Å². The molecule has 1 N–H and O–H groups in total. The molecule has 1 amide bonds. The zero-order valence-electron chi connectivity index (χ0n) is 13.2. The van der Waals surface area contributed by atoms with Crippen LogP contribution in [0.15, 0.2) is 24.3 Å². The maximum absolute atomic E-state index is 12.4. The van der Waals surface area contributed by atoms with Gasteiger partial charge in [-0.3, -0.25) is 9.59 Å². The standard InChI is InChI=1S/C17H21NO5/c1-22-13-6-2-3-7-14(13)23-10-15(19)18-9-12-5-4-8-17(12,11-18)16(20)21/h2-3,6-7,12H,4-5,8-11H2,1H3,(H,20,21)/t12-,17+/m0/s1. The molecule has 6 heteroatoms. The fourth-order valence-corrected chi connectivity index (χ4v) is 3.80. The third kappa shape index (κ3) is 2.73. The van der Waals surface area contributed by atoms with E-state index in [9.17, 15) is 14.7 Å². The van der Waals surface area contributed by atoms with Crippen LogP contribution in [0.1, 0.15) is 19.3 Å². The summed E-state index contributed by atoms with van der Waals surface area (Å²) < 4.78 is 10.7. The van der Waals surface area contributed by atoms with Crippen molar-refractivity contribution in [1.82, 2.24) is 4.90 Å². The smallest absolute Gasteiger partial charge is 0.311 e. The number of carbonyl (C=O) groups is 2. The molecule has 1 aromatic rings. The molecule has 1 saturated carbocycles. The Morgan fingerprint density at radius 2 is 2.09 bits per heavy atom. The molecule has 124 valence electrons. The Labute approximate surface area is 135 Å². The molecule has 0 aromatic heterocycles. The van der Waals surface area contributed by atoms with E-state index in [4.69, 9.17) is 9.47 Å². The number of methoxy groups -OCH3 is 1. The summed E-state index contributed by atoms with van der Waals surface area (Å²) in [5, 5.41) is 9.56. The maximum Gasteiger partial charge on any atom is 0.311 e. The summed E-state index contributed by atoms with van der Waals surface area (Å²) >= 11 is 0. The molecule has 6 nitrogen and oxygen atoms in total. The number of likely N-dealkylation sites (tertiary alicyclic amines) is 1. The second-order valence-corrected chi connectivity index (χ2v) is 6.26. The second-order valence-electron chi connectivity index (χ2n) is 6.26. The number of amides is 1. The minimum absolute atomic E-state index is 0.0650. The molecule has 0 unspecified atom stereocenters. The first-order valence-electron chi connectivity index (χ1n) is 7.84. The number of hydrogen-bond donors (Lipinski definition) is 1. The summed E-state index contributed by atoms with van der Waals surface area (Å²) in [4.78, 5) is 25.7. The fourth-order valence-electron chi connectivity index (χ4n) is 3.80. The molecule has 0 spiro atoms. The summed E-state index contributed by atoms with van der Waals surface area (Å²) in [6, 6.07) is 7.14. The number of hydrogen-bond acceptors (Lipinski definition) is 4. The average molecular weight is 319 g/mol. The first-order chi connectivity index (χ1) is 11.1. The molecule has 0 radical (unpaired) electrons. The molecule has 0 bridgehead atoms. The Kier molecular flexibility index (Phi) is 4.15. The van der Waals surface area contributed by atoms with Crippen LogP contribution < -0.4 is 9.47 Å². The fraction of sp³-hybridized carbons (Fsp3) is 0.529. The third-order valence-electron chi connectivity index (χ3n) is 5.07. The highest BCUT2D eigenvalue weighted by Gasteiger charge is 2.55. The van der Waals surface area contributed by atoms with Crippen molar-refractivity contribution < 1.29 is 24.2 Å². The zero-order chi connectivity index (χ0) is 16.4. The van der Waals surface area contributed by atoms with Crippen molar-refractivity contribution in [2.75, 3.05) is 26.8 Å². The molecule has 1 aromatic carbocycles. The molecular formula is C17H21NO5. The number of ether oxygens (including phenoxy) is 2. The Bertz CT molecular complexity index is 617. The minimum atomic E-state index is -0.777. The molecule has 2 fully saturated rings. The molecule has 3 rings (SSSR count). The van der Waals surface area contributed by atoms with Gasteiger partial charge in [0.1, 0.15) is 0 Å². The number of carbonyl (C=O) groups excluding carboxylic acids is 1. The molecule has 2 aliphatic rings. The summed E-state index contributed by atoms with van der Waals surface area (Å²) in [6.07, 6.45) is 2.46. The number of carboxylic acids is 1. The first-order valence-corrected chi connectivity index (χ1v) is 7.84. The van der Waals surface area contributed by atoms with E-state index < -0.39 is 11.4 Å². The Morgan fingerprint density at radius 1 is 1.35 bits per heavy atom. The number of carboxylic acid groups (broad SMARTS) is 1. The van der Waals surface area contributed by atoms with Crippen molar-refractivity contribution in [3.05, 3.63) is 24.3 Å². The number of rotatable bonds is 5. The van der Waals surface area contributed by atoms with Crippen LogP contribution >= 0.6 is 0 Å². The van der Waals surface area contributed by atoms with Gasteiger partial charge >= 0.3 is 5.97 Å². The van der Waals surface area contributed by atoms with Crippen molar-refractivity contribution in [2.45, 2.75) is 19.3 Å². The monoisotopic (exact) mass is 319 g/mol. The highest BCUT2D eigenvalue weighted by Crippen LogP contribution is 2.48. The van der Waals surface area contributed by atoms with Gasteiger partial charge in [-0.25, -0.2) is 0 Å². The summed E-state index contributed by atoms with van der Waals surface area (Å²) in [6.45, 7) is 0.699. The highest BCUT2D eigenvalue weighted by atomic mass is 16.5. The number of fused-ring (bicyclic) bond motifs is 1. The number of aliphatic carboxylic acids is 1. The Balaban J connectivity index is 1.63. The number of nitrogens with zero attached hydrogens (tertiary/aromatic N) is 1. The van der Waals surface area contributed by atoms with Crippen LogP contribution in [0.2, 0.25) is 0 Å². The van der Waals surface area contributed by atoms with Gasteiger partial charge in [0.15, 0.2) is 18.1 Å². The molecule has 1 aliphatic carbocycles. The molecule has 1 heterocycles. The third-order valence-corrected chi connectivity index (χ3v) is 5.07. The number of benzene rings is 1. The van der Waals surface area contributed by atoms with Crippen LogP contribution in [0.4, 0.5) is 0 Å². The van der Waals surface area contributed by atoms with Gasteiger partial charge in [-0.1, -0.05) is 18.6 Å². The lowest BCUT2D eigenvalue weighted by Crippen LogP contribution is -2.38. The predicted molar refractivity (Wildman–Crippen MR) is 82.5 cm³/mol. The van der Waals surface area contributed by atoms with E-state index in [2.05, 4.69) is 0 Å². The van der Waals surface area contributed by atoms with E-state index >= 15 is 0 Å². The summed E-state index contributed by atoms with van der Waals surface area (Å²) in [5.74, 6) is 0.193. The average Bonchev–Trinajstić information content (AvgIpc) is 3.11.